The Hall–Kier alpha value is -4.19. The third-order valence-corrected chi connectivity index (χ3v) is 4.89. The van der Waals surface area contributed by atoms with Crippen LogP contribution in [0.25, 0.3) is 33.3 Å². The summed E-state index contributed by atoms with van der Waals surface area (Å²) in [6.45, 7) is 0. The molecule has 0 unspecified atom stereocenters. The Bertz CT molecular complexity index is 1340. The zero-order valence-corrected chi connectivity index (χ0v) is 16.1. The normalized spacial score (nSPS) is 11.0. The van der Waals surface area contributed by atoms with Gasteiger partial charge in [-0.1, -0.05) is 30.3 Å². The SMILES string of the molecule is COc1ccc(NC(=O)c2ccccn2)c2c(-c3nc4ccccc4o3)cccc12. The molecule has 0 aliphatic heterocycles. The van der Waals surface area contributed by atoms with Gasteiger partial charge in [-0.05, 0) is 42.5 Å². The van der Waals surface area contributed by atoms with Gasteiger partial charge in [0.1, 0.15) is 17.0 Å². The molecule has 5 aromatic rings. The maximum atomic E-state index is 12.8. The van der Waals surface area contributed by atoms with Crippen LogP contribution in [0.4, 0.5) is 5.69 Å². The van der Waals surface area contributed by atoms with E-state index in [2.05, 4.69) is 15.3 Å². The molecule has 1 N–H and O–H groups in total. The van der Waals surface area contributed by atoms with Gasteiger partial charge in [0.2, 0.25) is 5.89 Å². The van der Waals surface area contributed by atoms with Crippen LogP contribution in [-0.2, 0) is 0 Å². The molecule has 6 nitrogen and oxygen atoms in total. The number of anilines is 1. The van der Waals surface area contributed by atoms with Gasteiger partial charge >= 0.3 is 0 Å². The number of oxazole rings is 1. The molecule has 3 aromatic carbocycles. The summed E-state index contributed by atoms with van der Waals surface area (Å²) in [5.74, 6) is 0.872. The van der Waals surface area contributed by atoms with Crippen LogP contribution in [0.1, 0.15) is 10.5 Å². The van der Waals surface area contributed by atoms with Crippen molar-refractivity contribution in [3.05, 3.63) is 84.7 Å². The first kappa shape index (κ1) is 17.9. The molecular formula is C24H17N3O3. The first-order chi connectivity index (χ1) is 14.7. The summed E-state index contributed by atoms with van der Waals surface area (Å²) in [5.41, 5.74) is 3.19. The van der Waals surface area contributed by atoms with Crippen LogP contribution in [0, 0.1) is 0 Å². The number of para-hydroxylation sites is 2. The average molecular weight is 395 g/mol. The Morgan fingerprint density at radius 3 is 2.63 bits per heavy atom. The second-order valence-corrected chi connectivity index (χ2v) is 6.70. The minimum Gasteiger partial charge on any atom is -0.496 e. The van der Waals surface area contributed by atoms with Gasteiger partial charge in [-0.25, -0.2) is 4.98 Å². The van der Waals surface area contributed by atoms with Crippen molar-refractivity contribution in [2.75, 3.05) is 12.4 Å². The zero-order valence-electron chi connectivity index (χ0n) is 16.1. The second kappa shape index (κ2) is 7.33. The van der Waals surface area contributed by atoms with Crippen LogP contribution in [0.5, 0.6) is 5.75 Å². The lowest BCUT2D eigenvalue weighted by atomic mass is 10.0. The number of hydrogen-bond acceptors (Lipinski definition) is 5. The summed E-state index contributed by atoms with van der Waals surface area (Å²) in [6.07, 6.45) is 1.59. The molecule has 146 valence electrons. The lowest BCUT2D eigenvalue weighted by Crippen LogP contribution is -2.13. The van der Waals surface area contributed by atoms with Gasteiger partial charge in [-0.2, -0.15) is 0 Å². The summed E-state index contributed by atoms with van der Waals surface area (Å²) in [7, 11) is 1.62. The molecule has 6 heteroatoms. The molecule has 0 aliphatic carbocycles. The molecule has 0 atom stereocenters. The van der Waals surface area contributed by atoms with Crippen molar-refractivity contribution in [3.63, 3.8) is 0 Å². The summed E-state index contributed by atoms with van der Waals surface area (Å²) in [4.78, 5) is 21.5. The number of nitrogens with zero attached hydrogens (tertiary/aromatic N) is 2. The summed E-state index contributed by atoms with van der Waals surface area (Å²) >= 11 is 0. The Morgan fingerprint density at radius 2 is 1.83 bits per heavy atom. The largest absolute Gasteiger partial charge is 0.496 e. The fourth-order valence-electron chi connectivity index (χ4n) is 3.51. The number of carbonyl (C=O) groups is 1. The predicted molar refractivity (Wildman–Crippen MR) is 116 cm³/mol. The van der Waals surface area contributed by atoms with Crippen molar-refractivity contribution in [3.8, 4) is 17.2 Å². The maximum Gasteiger partial charge on any atom is 0.274 e. The lowest BCUT2D eigenvalue weighted by molar-refractivity contribution is 0.102. The van der Waals surface area contributed by atoms with Gasteiger partial charge in [-0.3, -0.25) is 9.78 Å². The third kappa shape index (κ3) is 3.04. The Labute approximate surface area is 172 Å². The lowest BCUT2D eigenvalue weighted by Gasteiger charge is -2.14. The molecule has 30 heavy (non-hydrogen) atoms. The van der Waals surface area contributed by atoms with E-state index in [1.807, 2.05) is 54.6 Å². The van der Waals surface area contributed by atoms with Crippen molar-refractivity contribution < 1.29 is 13.9 Å². The van der Waals surface area contributed by atoms with Crippen LogP contribution in [0.15, 0.2) is 83.4 Å². The highest BCUT2D eigenvalue weighted by Gasteiger charge is 2.18. The second-order valence-electron chi connectivity index (χ2n) is 6.70. The van der Waals surface area contributed by atoms with Gasteiger partial charge in [-0.15, -0.1) is 0 Å². The fraction of sp³-hybridized carbons (Fsp3) is 0.0417. The van der Waals surface area contributed by atoms with Crippen molar-refractivity contribution in [2.24, 2.45) is 0 Å². The van der Waals surface area contributed by atoms with Gasteiger partial charge in [0, 0.05) is 22.5 Å². The van der Waals surface area contributed by atoms with Crippen LogP contribution in [0.2, 0.25) is 0 Å². The predicted octanol–water partition coefficient (Wildman–Crippen LogP) is 5.30. The van der Waals surface area contributed by atoms with Crippen LogP contribution < -0.4 is 10.1 Å². The van der Waals surface area contributed by atoms with Crippen LogP contribution in [0.3, 0.4) is 0 Å². The van der Waals surface area contributed by atoms with Gasteiger partial charge < -0.3 is 14.5 Å². The smallest absolute Gasteiger partial charge is 0.274 e. The minimum absolute atomic E-state index is 0.297. The summed E-state index contributed by atoms with van der Waals surface area (Å²) < 4.78 is 11.5. The van der Waals surface area contributed by atoms with Gasteiger partial charge in [0.15, 0.2) is 5.58 Å². The van der Waals surface area contributed by atoms with E-state index in [1.54, 1.807) is 31.5 Å². The van der Waals surface area contributed by atoms with Crippen molar-refractivity contribution >= 4 is 33.5 Å². The molecule has 0 saturated heterocycles. The van der Waals surface area contributed by atoms with Crippen LogP contribution >= 0.6 is 0 Å². The number of benzene rings is 3. The fourth-order valence-corrected chi connectivity index (χ4v) is 3.51. The van der Waals surface area contributed by atoms with E-state index in [0.717, 1.165) is 21.9 Å². The molecule has 5 rings (SSSR count). The van der Waals surface area contributed by atoms with Crippen molar-refractivity contribution in [1.29, 1.82) is 0 Å². The monoisotopic (exact) mass is 395 g/mol. The molecule has 0 saturated carbocycles. The van der Waals surface area contributed by atoms with Gasteiger partial charge in [0.25, 0.3) is 5.91 Å². The number of fused-ring (bicyclic) bond motifs is 2. The number of hydrogen-bond donors (Lipinski definition) is 1. The maximum absolute atomic E-state index is 12.8. The number of amides is 1. The molecule has 2 heterocycles. The van der Waals surface area contributed by atoms with Gasteiger partial charge in [0.05, 0.1) is 12.8 Å². The molecule has 0 fully saturated rings. The topological polar surface area (TPSA) is 77.2 Å². The number of methoxy groups -OCH3 is 1. The highest BCUT2D eigenvalue weighted by Crippen LogP contribution is 2.39. The highest BCUT2D eigenvalue weighted by atomic mass is 16.5. The standard InChI is InChI=1S/C24H17N3O3/c1-29-20-13-12-18(26-23(28)19-10-4-5-14-25-19)22-15(20)7-6-8-16(22)24-27-17-9-2-3-11-21(17)30-24/h2-14H,1H3,(H,26,28). The van der Waals surface area contributed by atoms with Crippen molar-refractivity contribution in [1.82, 2.24) is 9.97 Å². The molecular weight excluding hydrogens is 378 g/mol. The minimum atomic E-state index is -0.297. The van der Waals surface area contributed by atoms with E-state index < -0.39 is 0 Å². The molecule has 0 bridgehead atoms. The third-order valence-electron chi connectivity index (χ3n) is 4.89. The quantitative estimate of drug-likeness (QED) is 0.447. The summed E-state index contributed by atoms with van der Waals surface area (Å²) in [5, 5.41) is 4.60. The number of pyridine rings is 1. The van der Waals surface area contributed by atoms with E-state index in [4.69, 9.17) is 9.15 Å². The number of rotatable bonds is 4. The Kier molecular flexibility index (Phi) is 4.37. The molecule has 1 amide bonds. The molecule has 0 aliphatic rings. The Balaban J connectivity index is 1.70. The van der Waals surface area contributed by atoms with Crippen LogP contribution in [-0.4, -0.2) is 23.0 Å². The number of carbonyl (C=O) groups excluding carboxylic acids is 1. The van der Waals surface area contributed by atoms with Crippen molar-refractivity contribution in [2.45, 2.75) is 0 Å². The number of aromatic nitrogens is 2. The van der Waals surface area contributed by atoms with E-state index >= 15 is 0 Å². The highest BCUT2D eigenvalue weighted by molar-refractivity contribution is 6.13. The molecule has 0 spiro atoms. The van der Waals surface area contributed by atoms with E-state index in [1.165, 1.54) is 0 Å². The molecule has 0 radical (unpaired) electrons. The number of ether oxygens (including phenoxy) is 1. The first-order valence-electron chi connectivity index (χ1n) is 9.42. The Morgan fingerprint density at radius 1 is 0.967 bits per heavy atom. The zero-order chi connectivity index (χ0) is 20.5. The van der Waals surface area contributed by atoms with E-state index in [0.29, 0.717) is 28.6 Å². The van der Waals surface area contributed by atoms with E-state index in [-0.39, 0.29) is 5.91 Å². The summed E-state index contributed by atoms with van der Waals surface area (Å²) in [6, 6.07) is 22.2. The van der Waals surface area contributed by atoms with E-state index in [9.17, 15) is 4.79 Å². The number of nitrogens with one attached hydrogen (secondary N) is 1. The first-order valence-corrected chi connectivity index (χ1v) is 9.42. The average Bonchev–Trinajstić information content (AvgIpc) is 3.23. The molecule has 2 aromatic heterocycles.